The summed E-state index contributed by atoms with van der Waals surface area (Å²) < 4.78 is 19.8. The second kappa shape index (κ2) is 6.35. The minimum atomic E-state index is -0.184. The maximum atomic E-state index is 13.4. The molecule has 0 bridgehead atoms. The summed E-state index contributed by atoms with van der Waals surface area (Å²) in [5.41, 5.74) is 1.64. The Balaban J connectivity index is 2.37. The third-order valence-electron chi connectivity index (χ3n) is 3.02. The summed E-state index contributed by atoms with van der Waals surface area (Å²) in [6.07, 6.45) is 2.67. The van der Waals surface area contributed by atoms with Crippen molar-refractivity contribution >= 4 is 15.9 Å². The molecular formula is C15H17BrFNO. The third-order valence-corrected chi connectivity index (χ3v) is 3.68. The second-order valence-electron chi connectivity index (χ2n) is 4.53. The molecule has 1 unspecified atom stereocenters. The molecule has 1 heterocycles. The molecule has 0 amide bonds. The van der Waals surface area contributed by atoms with E-state index in [-0.39, 0.29) is 11.9 Å². The van der Waals surface area contributed by atoms with Gasteiger partial charge in [-0.2, -0.15) is 0 Å². The maximum absolute atomic E-state index is 13.4. The Kier molecular flexibility index (Phi) is 4.77. The van der Waals surface area contributed by atoms with Crippen LogP contribution in [0.15, 0.2) is 39.4 Å². The standard InChI is InChI=1S/C15H17BrFNO/c1-3-7-18-14(15-12(16)6-8-19-15)11-4-5-13(17)10(2)9-11/h4-6,8-9,14,18H,3,7H2,1-2H3. The van der Waals surface area contributed by atoms with Crippen molar-refractivity contribution in [2.45, 2.75) is 26.3 Å². The van der Waals surface area contributed by atoms with Crippen molar-refractivity contribution in [3.8, 4) is 0 Å². The lowest BCUT2D eigenvalue weighted by atomic mass is 10.0. The summed E-state index contributed by atoms with van der Waals surface area (Å²) in [5.74, 6) is 0.635. The molecule has 1 aromatic carbocycles. The molecule has 102 valence electrons. The average Bonchev–Trinajstić information content (AvgIpc) is 2.80. The monoisotopic (exact) mass is 325 g/mol. The van der Waals surface area contributed by atoms with E-state index in [0.717, 1.165) is 28.8 Å². The van der Waals surface area contributed by atoms with Crippen LogP contribution in [0, 0.1) is 12.7 Å². The Morgan fingerprint density at radius 3 is 2.74 bits per heavy atom. The van der Waals surface area contributed by atoms with Gasteiger partial charge in [0.2, 0.25) is 0 Å². The zero-order valence-electron chi connectivity index (χ0n) is 11.0. The van der Waals surface area contributed by atoms with Gasteiger partial charge in [-0.15, -0.1) is 0 Å². The highest BCUT2D eigenvalue weighted by Crippen LogP contribution is 2.30. The molecule has 0 aliphatic rings. The zero-order chi connectivity index (χ0) is 13.8. The van der Waals surface area contributed by atoms with Crippen LogP contribution >= 0.6 is 15.9 Å². The first-order valence-corrected chi connectivity index (χ1v) is 7.15. The lowest BCUT2D eigenvalue weighted by Crippen LogP contribution is -2.23. The summed E-state index contributed by atoms with van der Waals surface area (Å²) in [4.78, 5) is 0. The normalized spacial score (nSPS) is 12.6. The third kappa shape index (κ3) is 3.25. The summed E-state index contributed by atoms with van der Waals surface area (Å²) in [5, 5.41) is 3.43. The number of benzene rings is 1. The van der Waals surface area contributed by atoms with Crippen molar-refractivity contribution in [2.24, 2.45) is 0 Å². The fourth-order valence-electron chi connectivity index (χ4n) is 2.01. The number of furan rings is 1. The van der Waals surface area contributed by atoms with E-state index in [0.29, 0.717) is 5.56 Å². The molecule has 0 spiro atoms. The van der Waals surface area contributed by atoms with E-state index in [9.17, 15) is 4.39 Å². The number of hydrogen-bond acceptors (Lipinski definition) is 2. The number of hydrogen-bond donors (Lipinski definition) is 1. The van der Waals surface area contributed by atoms with Crippen LogP contribution in [0.1, 0.15) is 36.3 Å². The average molecular weight is 326 g/mol. The highest BCUT2D eigenvalue weighted by molar-refractivity contribution is 9.10. The van der Waals surface area contributed by atoms with E-state index in [2.05, 4.69) is 28.2 Å². The molecule has 1 atom stereocenters. The molecule has 1 N–H and O–H groups in total. The fourth-order valence-corrected chi connectivity index (χ4v) is 2.44. The smallest absolute Gasteiger partial charge is 0.139 e. The lowest BCUT2D eigenvalue weighted by Gasteiger charge is -2.18. The van der Waals surface area contributed by atoms with Crippen LogP contribution < -0.4 is 5.32 Å². The van der Waals surface area contributed by atoms with Gasteiger partial charge in [-0.25, -0.2) is 4.39 Å². The molecule has 2 aromatic rings. The van der Waals surface area contributed by atoms with Crippen LogP contribution in [0.2, 0.25) is 0 Å². The Labute approximate surface area is 121 Å². The van der Waals surface area contributed by atoms with Crippen LogP contribution in [0.25, 0.3) is 0 Å². The minimum Gasteiger partial charge on any atom is -0.466 e. The Hall–Kier alpha value is -1.13. The predicted octanol–water partition coefficient (Wildman–Crippen LogP) is 4.58. The van der Waals surface area contributed by atoms with Crippen LogP contribution in [-0.2, 0) is 0 Å². The highest BCUT2D eigenvalue weighted by atomic mass is 79.9. The van der Waals surface area contributed by atoms with Crippen molar-refractivity contribution in [3.63, 3.8) is 0 Å². The molecule has 4 heteroatoms. The minimum absolute atomic E-state index is 0.0661. The van der Waals surface area contributed by atoms with Gasteiger partial charge >= 0.3 is 0 Å². The van der Waals surface area contributed by atoms with Gasteiger partial charge in [0.05, 0.1) is 16.8 Å². The second-order valence-corrected chi connectivity index (χ2v) is 5.38. The van der Waals surface area contributed by atoms with Crippen molar-refractivity contribution in [1.82, 2.24) is 5.32 Å². The summed E-state index contributed by atoms with van der Waals surface area (Å²) in [6, 6.07) is 6.96. The van der Waals surface area contributed by atoms with Crippen molar-refractivity contribution < 1.29 is 8.81 Å². The molecule has 0 saturated carbocycles. The Bertz CT molecular complexity index is 553. The van der Waals surface area contributed by atoms with E-state index in [4.69, 9.17) is 4.42 Å². The van der Waals surface area contributed by atoms with Crippen LogP contribution in [0.4, 0.5) is 4.39 Å². The molecule has 0 aliphatic carbocycles. The van der Waals surface area contributed by atoms with Gasteiger partial charge < -0.3 is 9.73 Å². The van der Waals surface area contributed by atoms with E-state index >= 15 is 0 Å². The number of halogens is 2. The molecule has 0 fully saturated rings. The van der Waals surface area contributed by atoms with Gasteiger partial charge in [-0.05, 0) is 59.1 Å². The number of aryl methyl sites for hydroxylation is 1. The first-order chi connectivity index (χ1) is 9.13. The quantitative estimate of drug-likeness (QED) is 0.870. The van der Waals surface area contributed by atoms with Crippen LogP contribution in [-0.4, -0.2) is 6.54 Å². The maximum Gasteiger partial charge on any atom is 0.139 e. The highest BCUT2D eigenvalue weighted by Gasteiger charge is 2.20. The molecule has 2 rings (SSSR count). The van der Waals surface area contributed by atoms with Crippen molar-refractivity contribution in [2.75, 3.05) is 6.54 Å². The topological polar surface area (TPSA) is 25.2 Å². The number of nitrogens with one attached hydrogen (secondary N) is 1. The molecule has 1 aromatic heterocycles. The zero-order valence-corrected chi connectivity index (χ0v) is 12.6. The first-order valence-electron chi connectivity index (χ1n) is 6.35. The molecule has 0 aliphatic heterocycles. The first kappa shape index (κ1) is 14.3. The Morgan fingerprint density at radius 2 is 2.16 bits per heavy atom. The van der Waals surface area contributed by atoms with Gasteiger partial charge in [0.15, 0.2) is 0 Å². The Morgan fingerprint density at radius 1 is 1.37 bits per heavy atom. The lowest BCUT2D eigenvalue weighted by molar-refractivity contribution is 0.444. The molecule has 2 nitrogen and oxygen atoms in total. The summed E-state index contributed by atoms with van der Waals surface area (Å²) in [7, 11) is 0. The summed E-state index contributed by atoms with van der Waals surface area (Å²) >= 11 is 3.48. The SMILES string of the molecule is CCCNC(c1ccc(F)c(C)c1)c1occc1Br. The van der Waals surface area contributed by atoms with Crippen LogP contribution in [0.5, 0.6) is 0 Å². The van der Waals surface area contributed by atoms with Crippen LogP contribution in [0.3, 0.4) is 0 Å². The van der Waals surface area contributed by atoms with Crippen molar-refractivity contribution in [1.29, 1.82) is 0 Å². The largest absolute Gasteiger partial charge is 0.466 e. The fraction of sp³-hybridized carbons (Fsp3) is 0.333. The van der Waals surface area contributed by atoms with Gasteiger partial charge in [-0.1, -0.05) is 19.1 Å². The van der Waals surface area contributed by atoms with Gasteiger partial charge in [0, 0.05) is 0 Å². The number of rotatable bonds is 5. The molecule has 0 radical (unpaired) electrons. The predicted molar refractivity (Wildman–Crippen MR) is 77.7 cm³/mol. The van der Waals surface area contributed by atoms with Gasteiger partial charge in [-0.3, -0.25) is 0 Å². The molecule has 19 heavy (non-hydrogen) atoms. The molecule has 0 saturated heterocycles. The van der Waals surface area contributed by atoms with E-state index in [1.165, 1.54) is 6.07 Å². The van der Waals surface area contributed by atoms with E-state index in [1.807, 2.05) is 12.1 Å². The van der Waals surface area contributed by atoms with E-state index in [1.54, 1.807) is 19.3 Å². The summed E-state index contributed by atoms with van der Waals surface area (Å²) in [6.45, 7) is 4.75. The van der Waals surface area contributed by atoms with Gasteiger partial charge in [0.1, 0.15) is 11.6 Å². The van der Waals surface area contributed by atoms with Crippen molar-refractivity contribution in [3.05, 3.63) is 57.7 Å². The molecular weight excluding hydrogens is 309 g/mol. The van der Waals surface area contributed by atoms with Gasteiger partial charge in [0.25, 0.3) is 0 Å². The van der Waals surface area contributed by atoms with E-state index < -0.39 is 0 Å².